The molecule has 2 N–H and O–H groups in total. The molecule has 1 amide bonds. The van der Waals surface area contributed by atoms with Gasteiger partial charge in [0.15, 0.2) is 16.7 Å². The molecule has 4 aromatic rings. The van der Waals surface area contributed by atoms with E-state index in [2.05, 4.69) is 15.3 Å². The average Bonchev–Trinajstić information content (AvgIpc) is 3.31. The predicted molar refractivity (Wildman–Crippen MR) is 128 cm³/mol. The summed E-state index contributed by atoms with van der Waals surface area (Å²) in [6.45, 7) is 1.79. The minimum atomic E-state index is -0.436. The van der Waals surface area contributed by atoms with Crippen LogP contribution in [0.4, 0.5) is 5.69 Å². The minimum absolute atomic E-state index is 0.186. The van der Waals surface area contributed by atoms with Gasteiger partial charge in [-0.2, -0.15) is 0 Å². The maximum Gasteiger partial charge on any atom is 0.237 e. The zero-order valence-electron chi connectivity index (χ0n) is 17.7. The summed E-state index contributed by atoms with van der Waals surface area (Å²) < 4.78 is 0. The Balaban J connectivity index is 1.30. The summed E-state index contributed by atoms with van der Waals surface area (Å²) in [5.74, 6) is -0.635. The van der Waals surface area contributed by atoms with Crippen LogP contribution in [0.25, 0.3) is 11.3 Å². The molecule has 3 aromatic carbocycles. The molecule has 0 spiro atoms. The molecule has 1 heterocycles. The van der Waals surface area contributed by atoms with Gasteiger partial charge in [0.05, 0.1) is 17.1 Å². The molecule has 33 heavy (non-hydrogen) atoms. The molecule has 1 atom stereocenters. The van der Waals surface area contributed by atoms with Gasteiger partial charge in [-0.1, -0.05) is 66.4 Å². The Morgan fingerprint density at radius 1 is 0.879 bits per heavy atom. The molecule has 5 rings (SSSR count). The number of rotatable bonds is 5. The van der Waals surface area contributed by atoms with Crippen LogP contribution in [-0.4, -0.2) is 32.7 Å². The molecule has 1 aromatic heterocycles. The fraction of sp³-hybridized carbons (Fsp3) is 0.0769. The van der Waals surface area contributed by atoms with Gasteiger partial charge >= 0.3 is 0 Å². The Bertz CT molecular complexity index is 1390. The number of fused-ring (bicyclic) bond motifs is 2. The van der Waals surface area contributed by atoms with Gasteiger partial charge in [0.2, 0.25) is 5.91 Å². The summed E-state index contributed by atoms with van der Waals surface area (Å²) in [5, 5.41) is 3.05. The number of aromatic amines is 1. The van der Waals surface area contributed by atoms with E-state index in [0.717, 1.165) is 11.3 Å². The lowest BCUT2D eigenvalue weighted by Crippen LogP contribution is -2.24. The molecule has 1 aliphatic rings. The molecule has 7 heteroatoms. The Morgan fingerprint density at radius 2 is 1.52 bits per heavy atom. The van der Waals surface area contributed by atoms with Gasteiger partial charge in [0, 0.05) is 27.9 Å². The van der Waals surface area contributed by atoms with E-state index in [1.54, 1.807) is 55.6 Å². The van der Waals surface area contributed by atoms with Gasteiger partial charge in [0.25, 0.3) is 0 Å². The number of carbonyl (C=O) groups excluding carboxylic acids is 3. The van der Waals surface area contributed by atoms with Crippen molar-refractivity contribution in [3.8, 4) is 11.3 Å². The number of ketones is 2. The Hall–Kier alpha value is -3.97. The van der Waals surface area contributed by atoms with E-state index < -0.39 is 5.25 Å². The number of carbonyl (C=O) groups is 3. The highest BCUT2D eigenvalue weighted by molar-refractivity contribution is 8.00. The summed E-state index contributed by atoms with van der Waals surface area (Å²) in [4.78, 5) is 46.0. The van der Waals surface area contributed by atoms with Crippen molar-refractivity contribution < 1.29 is 14.4 Å². The monoisotopic (exact) mass is 453 g/mol. The topological polar surface area (TPSA) is 91.9 Å². The van der Waals surface area contributed by atoms with E-state index in [1.807, 2.05) is 30.3 Å². The van der Waals surface area contributed by atoms with Crippen molar-refractivity contribution in [1.29, 1.82) is 0 Å². The van der Waals surface area contributed by atoms with Gasteiger partial charge in [-0.25, -0.2) is 4.98 Å². The highest BCUT2D eigenvalue weighted by Crippen LogP contribution is 2.30. The molecule has 0 saturated carbocycles. The molecule has 162 valence electrons. The molecular formula is C26H19N3O3S. The van der Waals surface area contributed by atoms with Crippen molar-refractivity contribution in [2.45, 2.75) is 17.3 Å². The van der Waals surface area contributed by atoms with Crippen LogP contribution in [0.2, 0.25) is 0 Å². The summed E-state index contributed by atoms with van der Waals surface area (Å²) in [6.07, 6.45) is 1.74. The number of amides is 1. The van der Waals surface area contributed by atoms with Crippen molar-refractivity contribution in [2.24, 2.45) is 0 Å². The Morgan fingerprint density at radius 3 is 2.24 bits per heavy atom. The highest BCUT2D eigenvalue weighted by atomic mass is 32.2. The molecule has 0 radical (unpaired) electrons. The van der Waals surface area contributed by atoms with Crippen LogP contribution in [0.5, 0.6) is 0 Å². The van der Waals surface area contributed by atoms with Crippen LogP contribution in [0, 0.1) is 0 Å². The highest BCUT2D eigenvalue weighted by Gasteiger charge is 2.29. The van der Waals surface area contributed by atoms with E-state index in [-0.39, 0.29) is 17.5 Å². The second kappa shape index (κ2) is 8.52. The molecule has 0 bridgehead atoms. The largest absolute Gasteiger partial charge is 0.333 e. The van der Waals surface area contributed by atoms with Gasteiger partial charge in [-0.15, -0.1) is 0 Å². The lowest BCUT2D eigenvalue weighted by molar-refractivity contribution is -0.115. The number of H-pyrrole nitrogens is 1. The number of thioether (sulfide) groups is 1. The number of benzene rings is 3. The van der Waals surface area contributed by atoms with Gasteiger partial charge in [0.1, 0.15) is 0 Å². The molecule has 1 unspecified atom stereocenters. The Labute approximate surface area is 194 Å². The Kier molecular flexibility index (Phi) is 5.40. The maximum absolute atomic E-state index is 12.9. The van der Waals surface area contributed by atoms with Gasteiger partial charge in [-0.05, 0) is 30.7 Å². The van der Waals surface area contributed by atoms with Crippen molar-refractivity contribution in [2.75, 3.05) is 5.32 Å². The second-order valence-corrected chi connectivity index (χ2v) is 9.01. The molecule has 6 nitrogen and oxygen atoms in total. The molecular weight excluding hydrogens is 434 g/mol. The van der Waals surface area contributed by atoms with Gasteiger partial charge in [-0.3, -0.25) is 14.4 Å². The fourth-order valence-electron chi connectivity index (χ4n) is 3.77. The summed E-state index contributed by atoms with van der Waals surface area (Å²) in [6, 6.07) is 21.4. The first-order valence-corrected chi connectivity index (χ1v) is 11.3. The number of aromatic nitrogens is 2. The van der Waals surface area contributed by atoms with Crippen LogP contribution >= 0.6 is 11.8 Å². The van der Waals surface area contributed by atoms with E-state index >= 15 is 0 Å². The first kappa shape index (κ1) is 20.9. The van der Waals surface area contributed by atoms with E-state index in [1.165, 1.54) is 11.8 Å². The lowest BCUT2D eigenvalue weighted by Gasteiger charge is -2.18. The smallest absolute Gasteiger partial charge is 0.237 e. The van der Waals surface area contributed by atoms with Crippen LogP contribution in [0.1, 0.15) is 38.8 Å². The number of hydrogen-bond donors (Lipinski definition) is 2. The first-order valence-electron chi connectivity index (χ1n) is 10.4. The van der Waals surface area contributed by atoms with E-state index in [9.17, 15) is 14.4 Å². The third kappa shape index (κ3) is 3.99. The summed E-state index contributed by atoms with van der Waals surface area (Å²) >= 11 is 1.31. The van der Waals surface area contributed by atoms with Crippen LogP contribution in [0.15, 0.2) is 84.1 Å². The van der Waals surface area contributed by atoms with Crippen LogP contribution in [0.3, 0.4) is 0 Å². The van der Waals surface area contributed by atoms with Crippen LogP contribution < -0.4 is 5.32 Å². The zero-order chi connectivity index (χ0) is 22.9. The number of anilines is 1. The average molecular weight is 454 g/mol. The standard InChI is InChI=1S/C26H19N3O3S/c1-15(33-26-27-14-22(29-26)16-7-3-2-4-8-16)25(32)28-17-11-12-20-21(13-17)24(31)19-10-6-5-9-18(19)23(20)30/h2-15H,1H3,(H,27,29)(H,28,32). The minimum Gasteiger partial charge on any atom is -0.333 e. The maximum atomic E-state index is 12.9. The summed E-state index contributed by atoms with van der Waals surface area (Å²) in [7, 11) is 0. The summed E-state index contributed by atoms with van der Waals surface area (Å²) in [5.41, 5.74) is 3.81. The van der Waals surface area contributed by atoms with E-state index in [4.69, 9.17) is 0 Å². The van der Waals surface area contributed by atoms with Crippen molar-refractivity contribution >= 4 is 34.9 Å². The second-order valence-electron chi connectivity index (χ2n) is 7.68. The molecule has 0 aliphatic heterocycles. The number of imidazole rings is 1. The van der Waals surface area contributed by atoms with E-state index in [0.29, 0.717) is 33.1 Å². The SMILES string of the molecule is CC(Sc1ncc(-c2ccccc2)[nH]1)C(=O)Nc1ccc2c(c1)C(=O)c1ccccc1C2=O. The lowest BCUT2D eigenvalue weighted by atomic mass is 9.84. The van der Waals surface area contributed by atoms with Crippen LogP contribution in [-0.2, 0) is 4.79 Å². The zero-order valence-corrected chi connectivity index (χ0v) is 18.5. The van der Waals surface area contributed by atoms with Crippen molar-refractivity contribution in [1.82, 2.24) is 9.97 Å². The number of hydrogen-bond acceptors (Lipinski definition) is 5. The third-order valence-electron chi connectivity index (χ3n) is 5.49. The fourth-order valence-corrected chi connectivity index (χ4v) is 4.55. The number of nitrogens with zero attached hydrogens (tertiary/aromatic N) is 1. The van der Waals surface area contributed by atoms with Crippen molar-refractivity contribution in [3.63, 3.8) is 0 Å². The molecule has 0 fully saturated rings. The number of nitrogens with one attached hydrogen (secondary N) is 2. The third-order valence-corrected chi connectivity index (χ3v) is 6.49. The van der Waals surface area contributed by atoms with Crippen molar-refractivity contribution in [3.05, 3.63) is 101 Å². The first-order chi connectivity index (χ1) is 16.0. The quantitative estimate of drug-likeness (QED) is 0.367. The molecule has 0 saturated heterocycles. The van der Waals surface area contributed by atoms with Gasteiger partial charge < -0.3 is 10.3 Å². The predicted octanol–water partition coefficient (Wildman–Crippen LogP) is 4.97. The molecule has 1 aliphatic carbocycles. The normalized spacial score (nSPS) is 13.2.